The van der Waals surface area contributed by atoms with Crippen molar-refractivity contribution in [2.75, 3.05) is 7.05 Å². The van der Waals surface area contributed by atoms with Crippen LogP contribution in [0.1, 0.15) is 52.9 Å². The summed E-state index contributed by atoms with van der Waals surface area (Å²) < 4.78 is 0. The lowest BCUT2D eigenvalue weighted by Gasteiger charge is -2.35. The second-order valence-electron chi connectivity index (χ2n) is 6.20. The van der Waals surface area contributed by atoms with E-state index < -0.39 is 12.0 Å². The maximum atomic E-state index is 12.2. The van der Waals surface area contributed by atoms with Crippen molar-refractivity contribution in [1.29, 1.82) is 0 Å². The Morgan fingerprint density at radius 2 is 1.80 bits per heavy atom. The van der Waals surface area contributed by atoms with Crippen LogP contribution in [0.3, 0.4) is 0 Å². The zero-order valence-electron chi connectivity index (χ0n) is 13.1. The highest BCUT2D eigenvalue weighted by molar-refractivity contribution is 5.82. The first-order valence-electron chi connectivity index (χ1n) is 7.62. The second-order valence-corrected chi connectivity index (χ2v) is 6.20. The van der Waals surface area contributed by atoms with Gasteiger partial charge in [-0.15, -0.1) is 0 Å². The third-order valence-corrected chi connectivity index (χ3v) is 4.47. The number of urea groups is 1. The molecule has 5 heteroatoms. The van der Waals surface area contributed by atoms with Gasteiger partial charge < -0.3 is 15.3 Å². The van der Waals surface area contributed by atoms with Crippen molar-refractivity contribution in [3.63, 3.8) is 0 Å². The SMILES string of the molecule is CCC1CCC(N(C)C(=O)NC(C(=O)O)C(C)C)CC1. The third-order valence-electron chi connectivity index (χ3n) is 4.47. The number of carboxylic acids is 1. The van der Waals surface area contributed by atoms with E-state index >= 15 is 0 Å². The summed E-state index contributed by atoms with van der Waals surface area (Å²) in [6.45, 7) is 5.80. The standard InChI is InChI=1S/C15H28N2O3/c1-5-11-6-8-12(9-7-11)17(4)15(20)16-13(10(2)3)14(18)19/h10-13H,5-9H2,1-4H3,(H,16,20)(H,18,19). The van der Waals surface area contributed by atoms with E-state index in [0.29, 0.717) is 0 Å². The van der Waals surface area contributed by atoms with Crippen LogP contribution < -0.4 is 5.32 Å². The summed E-state index contributed by atoms with van der Waals surface area (Å²) in [5.41, 5.74) is 0. The molecule has 5 nitrogen and oxygen atoms in total. The molecule has 0 aromatic heterocycles. The Hall–Kier alpha value is -1.26. The van der Waals surface area contributed by atoms with Crippen molar-refractivity contribution < 1.29 is 14.7 Å². The van der Waals surface area contributed by atoms with Gasteiger partial charge in [0.25, 0.3) is 0 Å². The molecular formula is C15H28N2O3. The highest BCUT2D eigenvalue weighted by Crippen LogP contribution is 2.28. The van der Waals surface area contributed by atoms with Crippen molar-refractivity contribution >= 4 is 12.0 Å². The van der Waals surface area contributed by atoms with Crippen molar-refractivity contribution in [2.45, 2.75) is 65.0 Å². The lowest BCUT2D eigenvalue weighted by Crippen LogP contribution is -2.52. The van der Waals surface area contributed by atoms with Gasteiger partial charge in [0, 0.05) is 13.1 Å². The summed E-state index contributed by atoms with van der Waals surface area (Å²) in [4.78, 5) is 25.0. The molecule has 1 fully saturated rings. The minimum atomic E-state index is -0.976. The molecule has 0 aromatic rings. The fraction of sp³-hybridized carbons (Fsp3) is 0.867. The number of hydrogen-bond donors (Lipinski definition) is 2. The zero-order chi connectivity index (χ0) is 15.3. The van der Waals surface area contributed by atoms with Gasteiger partial charge in [-0.3, -0.25) is 0 Å². The van der Waals surface area contributed by atoms with E-state index in [4.69, 9.17) is 5.11 Å². The first-order valence-corrected chi connectivity index (χ1v) is 7.62. The molecule has 0 bridgehead atoms. The Kier molecular flexibility index (Phi) is 6.30. The summed E-state index contributed by atoms with van der Waals surface area (Å²) in [5, 5.41) is 11.7. The topological polar surface area (TPSA) is 69.6 Å². The van der Waals surface area contributed by atoms with E-state index in [1.165, 1.54) is 6.42 Å². The highest BCUT2D eigenvalue weighted by Gasteiger charge is 2.29. The number of nitrogens with zero attached hydrogens (tertiary/aromatic N) is 1. The molecule has 0 spiro atoms. The molecule has 1 atom stereocenters. The quantitative estimate of drug-likeness (QED) is 0.815. The van der Waals surface area contributed by atoms with Gasteiger partial charge in [-0.2, -0.15) is 0 Å². The normalized spacial score (nSPS) is 24.2. The number of hydrogen-bond acceptors (Lipinski definition) is 2. The Bertz CT molecular complexity index is 336. The Balaban J connectivity index is 2.52. The largest absolute Gasteiger partial charge is 0.480 e. The van der Waals surface area contributed by atoms with Gasteiger partial charge in [0.05, 0.1) is 0 Å². The van der Waals surface area contributed by atoms with Gasteiger partial charge in [-0.05, 0) is 37.5 Å². The zero-order valence-corrected chi connectivity index (χ0v) is 13.1. The van der Waals surface area contributed by atoms with Crippen LogP contribution >= 0.6 is 0 Å². The summed E-state index contributed by atoms with van der Waals surface area (Å²) >= 11 is 0. The minimum Gasteiger partial charge on any atom is -0.480 e. The van der Waals surface area contributed by atoms with Crippen LogP contribution in [0.2, 0.25) is 0 Å². The van der Waals surface area contributed by atoms with Crippen LogP contribution in [-0.4, -0.2) is 41.1 Å². The highest BCUT2D eigenvalue weighted by atomic mass is 16.4. The van der Waals surface area contributed by atoms with Gasteiger partial charge in [0.1, 0.15) is 6.04 Å². The van der Waals surface area contributed by atoms with E-state index in [2.05, 4.69) is 12.2 Å². The van der Waals surface area contributed by atoms with Crippen molar-refractivity contribution in [1.82, 2.24) is 10.2 Å². The molecule has 0 saturated heterocycles. The predicted molar refractivity (Wildman–Crippen MR) is 78.6 cm³/mol. The lowest BCUT2D eigenvalue weighted by atomic mass is 9.84. The molecule has 1 rings (SSSR count). The van der Waals surface area contributed by atoms with Gasteiger partial charge in [-0.25, -0.2) is 9.59 Å². The molecule has 0 aromatic carbocycles. The van der Waals surface area contributed by atoms with Crippen molar-refractivity contribution in [2.24, 2.45) is 11.8 Å². The summed E-state index contributed by atoms with van der Waals surface area (Å²) in [7, 11) is 1.77. The fourth-order valence-corrected chi connectivity index (χ4v) is 2.85. The molecule has 0 radical (unpaired) electrons. The van der Waals surface area contributed by atoms with Crippen LogP contribution in [0.15, 0.2) is 0 Å². The Morgan fingerprint density at radius 1 is 1.25 bits per heavy atom. The second kappa shape index (κ2) is 7.50. The monoisotopic (exact) mass is 284 g/mol. The third kappa shape index (κ3) is 4.39. The smallest absolute Gasteiger partial charge is 0.326 e. The number of carbonyl (C=O) groups is 2. The first-order chi connectivity index (χ1) is 9.36. The van der Waals surface area contributed by atoms with Crippen molar-refractivity contribution in [3.8, 4) is 0 Å². The van der Waals surface area contributed by atoms with Crippen LogP contribution in [-0.2, 0) is 4.79 Å². The molecule has 116 valence electrons. The van der Waals surface area contributed by atoms with E-state index in [0.717, 1.165) is 31.6 Å². The molecular weight excluding hydrogens is 256 g/mol. The van der Waals surface area contributed by atoms with Gasteiger partial charge in [0.2, 0.25) is 0 Å². The number of nitrogens with one attached hydrogen (secondary N) is 1. The molecule has 1 saturated carbocycles. The molecule has 20 heavy (non-hydrogen) atoms. The van der Waals surface area contributed by atoms with Crippen LogP contribution in [0.5, 0.6) is 0 Å². The molecule has 2 N–H and O–H groups in total. The van der Waals surface area contributed by atoms with Crippen LogP contribution in [0, 0.1) is 11.8 Å². The molecule has 0 heterocycles. The molecule has 0 aliphatic heterocycles. The number of amides is 2. The van der Waals surface area contributed by atoms with E-state index in [1.54, 1.807) is 25.8 Å². The lowest BCUT2D eigenvalue weighted by molar-refractivity contribution is -0.140. The molecule has 1 aliphatic rings. The van der Waals surface area contributed by atoms with Gasteiger partial charge in [-0.1, -0.05) is 27.2 Å². The fourth-order valence-electron chi connectivity index (χ4n) is 2.85. The average Bonchev–Trinajstić information content (AvgIpc) is 2.43. The van der Waals surface area contributed by atoms with Crippen LogP contribution in [0.4, 0.5) is 4.79 Å². The van der Waals surface area contributed by atoms with E-state index in [-0.39, 0.29) is 18.0 Å². The number of aliphatic carboxylic acids is 1. The minimum absolute atomic E-state index is 0.124. The molecule has 1 unspecified atom stereocenters. The Morgan fingerprint density at radius 3 is 2.20 bits per heavy atom. The van der Waals surface area contributed by atoms with E-state index in [1.807, 2.05) is 0 Å². The maximum Gasteiger partial charge on any atom is 0.326 e. The molecule has 2 amide bonds. The van der Waals surface area contributed by atoms with Gasteiger partial charge >= 0.3 is 12.0 Å². The maximum absolute atomic E-state index is 12.2. The summed E-state index contributed by atoms with van der Waals surface area (Å²) in [5.74, 6) is -0.317. The average molecular weight is 284 g/mol. The molecule has 1 aliphatic carbocycles. The van der Waals surface area contributed by atoms with Crippen LogP contribution in [0.25, 0.3) is 0 Å². The van der Waals surface area contributed by atoms with Gasteiger partial charge in [0.15, 0.2) is 0 Å². The summed E-state index contributed by atoms with van der Waals surface area (Å²) in [6.07, 6.45) is 5.55. The van der Waals surface area contributed by atoms with E-state index in [9.17, 15) is 9.59 Å². The number of carboxylic acid groups (broad SMARTS) is 1. The van der Waals surface area contributed by atoms with Crippen molar-refractivity contribution in [3.05, 3.63) is 0 Å². The first kappa shape index (κ1) is 16.8. The summed E-state index contributed by atoms with van der Waals surface area (Å²) in [6, 6.07) is -0.859. The number of carbonyl (C=O) groups excluding carboxylic acids is 1. The number of rotatable bonds is 5. The Labute approximate surface area is 121 Å². The predicted octanol–water partition coefficient (Wildman–Crippen LogP) is 2.71.